The minimum Gasteiger partial charge on any atom is -0.489 e. The molecule has 0 spiro atoms. The van der Waals surface area contributed by atoms with Crippen molar-refractivity contribution < 1.29 is 13.9 Å². The molecule has 4 aromatic rings. The summed E-state index contributed by atoms with van der Waals surface area (Å²) < 4.78 is 21.1. The molecule has 0 aliphatic heterocycles. The number of carbonyl (C=O) groups is 1. The number of benzene rings is 2. The highest BCUT2D eigenvalue weighted by molar-refractivity contribution is 7.12. The Labute approximate surface area is 171 Å². The molecule has 7 heteroatoms. The minimum absolute atomic E-state index is 0.239. The molecular formula is C22H18FN3O2S. The molecule has 29 heavy (non-hydrogen) atoms. The molecule has 2 heterocycles. The van der Waals surface area contributed by atoms with Gasteiger partial charge in [-0.15, -0.1) is 11.3 Å². The van der Waals surface area contributed by atoms with Crippen molar-refractivity contribution in [2.24, 2.45) is 0 Å². The number of nitrogens with one attached hydrogen (secondary N) is 1. The monoisotopic (exact) mass is 407 g/mol. The first-order valence-corrected chi connectivity index (χ1v) is 9.89. The second kappa shape index (κ2) is 8.70. The average molecular weight is 407 g/mol. The van der Waals surface area contributed by atoms with Gasteiger partial charge < -0.3 is 10.1 Å². The molecule has 0 radical (unpaired) electrons. The quantitative estimate of drug-likeness (QED) is 0.471. The Morgan fingerprint density at radius 3 is 2.72 bits per heavy atom. The van der Waals surface area contributed by atoms with E-state index in [1.807, 2.05) is 35.7 Å². The molecule has 0 atom stereocenters. The smallest absolute Gasteiger partial charge is 0.266 e. The molecule has 0 saturated carbocycles. The third kappa shape index (κ3) is 4.89. The first-order valence-electron chi connectivity index (χ1n) is 9.01. The average Bonchev–Trinajstić information content (AvgIpc) is 3.39. The summed E-state index contributed by atoms with van der Waals surface area (Å²) in [5.74, 6) is 0.682. The molecule has 0 fully saturated rings. The summed E-state index contributed by atoms with van der Waals surface area (Å²) in [6.07, 6.45) is 1.70. The molecule has 2 aromatic heterocycles. The lowest BCUT2D eigenvalue weighted by atomic mass is 10.2. The van der Waals surface area contributed by atoms with Crippen molar-refractivity contribution in [2.75, 3.05) is 5.32 Å². The van der Waals surface area contributed by atoms with Gasteiger partial charge in [0.25, 0.3) is 5.91 Å². The van der Waals surface area contributed by atoms with Crippen molar-refractivity contribution in [2.45, 2.75) is 13.2 Å². The van der Waals surface area contributed by atoms with Gasteiger partial charge in [-0.2, -0.15) is 5.10 Å². The Bertz CT molecular complexity index is 1110. The Kier molecular flexibility index (Phi) is 5.67. The van der Waals surface area contributed by atoms with E-state index in [-0.39, 0.29) is 11.7 Å². The van der Waals surface area contributed by atoms with Gasteiger partial charge in [-0.3, -0.25) is 9.48 Å². The number of hydrogen-bond acceptors (Lipinski definition) is 4. The second-order valence-electron chi connectivity index (χ2n) is 6.37. The molecule has 1 N–H and O–H groups in total. The van der Waals surface area contributed by atoms with E-state index in [0.717, 1.165) is 11.3 Å². The summed E-state index contributed by atoms with van der Waals surface area (Å²) >= 11 is 1.35. The summed E-state index contributed by atoms with van der Waals surface area (Å²) in [7, 11) is 0. The predicted octanol–water partition coefficient (Wildman–Crippen LogP) is 4.96. The maximum absolute atomic E-state index is 13.8. The van der Waals surface area contributed by atoms with Crippen LogP contribution in [0.25, 0.3) is 0 Å². The third-order valence-corrected chi connectivity index (χ3v) is 5.18. The van der Waals surface area contributed by atoms with Crippen LogP contribution in [0.4, 0.5) is 10.2 Å². The minimum atomic E-state index is -0.280. The largest absolute Gasteiger partial charge is 0.489 e. The van der Waals surface area contributed by atoms with E-state index in [9.17, 15) is 9.18 Å². The van der Waals surface area contributed by atoms with Gasteiger partial charge in [0.05, 0.1) is 11.4 Å². The summed E-state index contributed by atoms with van der Waals surface area (Å²) in [5.41, 5.74) is 1.46. The Hall–Kier alpha value is -3.45. The fourth-order valence-electron chi connectivity index (χ4n) is 2.75. The van der Waals surface area contributed by atoms with E-state index in [2.05, 4.69) is 10.4 Å². The van der Waals surface area contributed by atoms with Gasteiger partial charge in [0.15, 0.2) is 5.82 Å². The first-order chi connectivity index (χ1) is 14.2. The fourth-order valence-corrected chi connectivity index (χ4v) is 3.54. The van der Waals surface area contributed by atoms with E-state index in [4.69, 9.17) is 4.74 Å². The third-order valence-electron chi connectivity index (χ3n) is 4.20. The maximum Gasteiger partial charge on any atom is 0.266 e. The molecule has 2 aromatic carbocycles. The van der Waals surface area contributed by atoms with Crippen LogP contribution in [0.1, 0.15) is 20.8 Å². The maximum atomic E-state index is 13.8. The van der Waals surface area contributed by atoms with E-state index in [1.54, 1.807) is 41.2 Å². The van der Waals surface area contributed by atoms with Crippen LogP contribution >= 0.6 is 11.3 Å². The van der Waals surface area contributed by atoms with Crippen LogP contribution < -0.4 is 10.1 Å². The zero-order valence-electron chi connectivity index (χ0n) is 15.4. The number of amides is 1. The van der Waals surface area contributed by atoms with Crippen LogP contribution in [0, 0.1) is 5.82 Å². The molecule has 1 amide bonds. The molecule has 146 valence electrons. The number of aromatic nitrogens is 2. The molecule has 4 rings (SSSR count). The molecule has 0 unspecified atom stereocenters. The molecule has 0 aliphatic carbocycles. The van der Waals surface area contributed by atoms with Gasteiger partial charge in [0, 0.05) is 23.4 Å². The second-order valence-corrected chi connectivity index (χ2v) is 7.28. The first kappa shape index (κ1) is 18.9. The molecule has 0 bridgehead atoms. The van der Waals surface area contributed by atoms with E-state index in [0.29, 0.717) is 29.4 Å². The Morgan fingerprint density at radius 2 is 1.90 bits per heavy atom. The number of ether oxygens (including phenoxy) is 1. The predicted molar refractivity (Wildman–Crippen MR) is 111 cm³/mol. The highest BCUT2D eigenvalue weighted by atomic mass is 32.1. The standard InChI is InChI=1S/C22H18FN3O2S/c23-19-9-5-4-6-17(19)13-26-11-10-21(25-26)24-22(27)20-12-16(15-29-20)14-28-18-7-2-1-3-8-18/h1-12,15H,13-14H2,(H,24,25,27). The molecule has 5 nitrogen and oxygen atoms in total. The molecular weight excluding hydrogens is 389 g/mol. The SMILES string of the molecule is O=C(Nc1ccn(Cc2ccccc2F)n1)c1cc(COc2ccccc2)cs1. The van der Waals surface area contributed by atoms with Gasteiger partial charge in [-0.25, -0.2) is 4.39 Å². The number of carbonyl (C=O) groups excluding carboxylic acids is 1. The normalized spacial score (nSPS) is 10.7. The van der Waals surface area contributed by atoms with Gasteiger partial charge in [-0.05, 0) is 29.6 Å². The van der Waals surface area contributed by atoms with Crippen LogP contribution in [0.15, 0.2) is 78.3 Å². The highest BCUT2D eigenvalue weighted by Crippen LogP contribution is 2.19. The number of thiophene rings is 1. The van der Waals surface area contributed by atoms with Crippen LogP contribution in [0.2, 0.25) is 0 Å². The Balaban J connectivity index is 1.34. The summed E-state index contributed by atoms with van der Waals surface area (Å²) in [4.78, 5) is 13.0. The van der Waals surface area contributed by atoms with Crippen LogP contribution in [-0.4, -0.2) is 15.7 Å². The van der Waals surface area contributed by atoms with Crippen molar-refractivity contribution >= 4 is 23.1 Å². The van der Waals surface area contributed by atoms with E-state index < -0.39 is 0 Å². The highest BCUT2D eigenvalue weighted by Gasteiger charge is 2.12. The van der Waals surface area contributed by atoms with E-state index in [1.165, 1.54) is 17.4 Å². The van der Waals surface area contributed by atoms with Gasteiger partial charge in [0.1, 0.15) is 18.2 Å². The number of halogens is 1. The summed E-state index contributed by atoms with van der Waals surface area (Å²) in [6.45, 7) is 0.688. The van der Waals surface area contributed by atoms with Crippen LogP contribution in [0.3, 0.4) is 0 Å². The summed E-state index contributed by atoms with van der Waals surface area (Å²) in [6, 6.07) is 19.6. The van der Waals surface area contributed by atoms with E-state index >= 15 is 0 Å². The number of para-hydroxylation sites is 1. The number of hydrogen-bond donors (Lipinski definition) is 1. The number of anilines is 1. The number of nitrogens with zero attached hydrogens (tertiary/aromatic N) is 2. The van der Waals surface area contributed by atoms with Crippen molar-refractivity contribution in [1.29, 1.82) is 0 Å². The topological polar surface area (TPSA) is 56.2 Å². The lowest BCUT2D eigenvalue weighted by molar-refractivity contribution is 0.103. The molecule has 0 saturated heterocycles. The van der Waals surface area contributed by atoms with Gasteiger partial charge in [0.2, 0.25) is 0 Å². The fraction of sp³-hybridized carbons (Fsp3) is 0.0909. The van der Waals surface area contributed by atoms with Gasteiger partial charge >= 0.3 is 0 Å². The van der Waals surface area contributed by atoms with Crippen LogP contribution in [-0.2, 0) is 13.2 Å². The zero-order chi connectivity index (χ0) is 20.1. The van der Waals surface area contributed by atoms with Crippen molar-refractivity contribution in [3.05, 3.63) is 100 Å². The Morgan fingerprint density at radius 1 is 1.10 bits per heavy atom. The number of rotatable bonds is 7. The van der Waals surface area contributed by atoms with Gasteiger partial charge in [-0.1, -0.05) is 36.4 Å². The lowest BCUT2D eigenvalue weighted by Crippen LogP contribution is -2.11. The lowest BCUT2D eigenvalue weighted by Gasteiger charge is -2.04. The zero-order valence-corrected chi connectivity index (χ0v) is 16.2. The van der Waals surface area contributed by atoms with Crippen molar-refractivity contribution in [3.8, 4) is 5.75 Å². The van der Waals surface area contributed by atoms with Crippen molar-refractivity contribution in [1.82, 2.24) is 9.78 Å². The van der Waals surface area contributed by atoms with Crippen LogP contribution in [0.5, 0.6) is 5.75 Å². The van der Waals surface area contributed by atoms with Crippen molar-refractivity contribution in [3.63, 3.8) is 0 Å². The molecule has 0 aliphatic rings. The summed E-state index contributed by atoms with van der Waals surface area (Å²) in [5, 5.41) is 8.96.